The van der Waals surface area contributed by atoms with Crippen LogP contribution in [-0.4, -0.2) is 39.6 Å². The molecule has 366 valence electrons. The lowest BCUT2D eigenvalue weighted by Gasteiger charge is -2.46. The molecule has 0 bridgehead atoms. The molecule has 0 radical (unpaired) electrons. The molecule has 11 heteroatoms. The number of carbonyl (C=O) groups is 4. The highest BCUT2D eigenvalue weighted by Gasteiger charge is 2.48. The standard InChI is InChI=1S/C59H68N4O7/c1-11-34-57(7,8)62-45-22-30-50(31-23-45)69-49-28-20-44(21-29-49)61-55(68)42-36-41(37-47(64)38-42)53(66)58(9,13-3)59(10,14-4)63-46-24-32-51(33-25-46)70-48-26-18-43(19-27-48)60-54(67)40-17-15-16-39(35-40)52(65)56(5,6)12-2/h15-33,35-38,62-64H,11-14,34H2,1-10H3,(H,60,67)(H,61,68). The van der Waals surface area contributed by atoms with E-state index in [1.165, 1.54) is 18.2 Å². The molecule has 0 saturated carbocycles. The van der Waals surface area contributed by atoms with Crippen LogP contribution in [-0.2, 0) is 0 Å². The third-order valence-electron chi connectivity index (χ3n) is 13.6. The van der Waals surface area contributed by atoms with Crippen molar-refractivity contribution in [3.63, 3.8) is 0 Å². The van der Waals surface area contributed by atoms with Crippen LogP contribution in [0.1, 0.15) is 143 Å². The van der Waals surface area contributed by atoms with Crippen LogP contribution < -0.4 is 30.7 Å². The average molecular weight is 945 g/mol. The number of rotatable bonds is 22. The first-order valence-corrected chi connectivity index (χ1v) is 24.2. The molecular weight excluding hydrogens is 877 g/mol. The number of Topliss-reactive ketones (excluding diaryl/α,β-unsaturated/α-hetero) is 2. The predicted octanol–water partition coefficient (Wildman–Crippen LogP) is 15.0. The lowest BCUT2D eigenvalue weighted by molar-refractivity contribution is 0.0680. The van der Waals surface area contributed by atoms with Crippen molar-refractivity contribution in [1.29, 1.82) is 0 Å². The minimum Gasteiger partial charge on any atom is -0.508 e. The maximum atomic E-state index is 14.6. The van der Waals surface area contributed by atoms with E-state index in [-0.39, 0.29) is 39.9 Å². The maximum Gasteiger partial charge on any atom is 0.255 e. The smallest absolute Gasteiger partial charge is 0.255 e. The van der Waals surface area contributed by atoms with Gasteiger partial charge in [-0.2, -0.15) is 0 Å². The number of anilines is 4. The number of ether oxygens (including phenoxy) is 2. The van der Waals surface area contributed by atoms with Gasteiger partial charge in [0, 0.05) is 61.5 Å². The van der Waals surface area contributed by atoms with Crippen molar-refractivity contribution in [3.05, 3.63) is 162 Å². The number of hydrogen-bond donors (Lipinski definition) is 5. The van der Waals surface area contributed by atoms with Crippen molar-refractivity contribution >= 4 is 46.1 Å². The van der Waals surface area contributed by atoms with Crippen molar-refractivity contribution in [2.24, 2.45) is 10.8 Å². The minimum atomic E-state index is -0.972. The molecule has 0 aliphatic heterocycles. The topological polar surface area (TPSA) is 155 Å². The molecule has 6 aromatic carbocycles. The fourth-order valence-corrected chi connectivity index (χ4v) is 8.46. The second-order valence-electron chi connectivity index (χ2n) is 19.7. The van der Waals surface area contributed by atoms with Crippen LogP contribution in [0.15, 0.2) is 140 Å². The van der Waals surface area contributed by atoms with Gasteiger partial charge in [-0.15, -0.1) is 0 Å². The predicted molar refractivity (Wildman–Crippen MR) is 282 cm³/mol. The summed E-state index contributed by atoms with van der Waals surface area (Å²) in [5.41, 5.74) is 1.89. The number of amides is 2. The number of hydrogen-bond acceptors (Lipinski definition) is 9. The molecule has 0 spiro atoms. The van der Waals surface area contributed by atoms with Crippen LogP contribution in [0.4, 0.5) is 22.7 Å². The first-order chi connectivity index (χ1) is 33.2. The van der Waals surface area contributed by atoms with E-state index in [2.05, 4.69) is 42.0 Å². The number of phenolic OH excluding ortho intramolecular Hbond substituents is 1. The summed E-state index contributed by atoms with van der Waals surface area (Å²) in [6.07, 6.45) is 3.88. The number of carbonyl (C=O) groups excluding carboxylic acids is 4. The van der Waals surface area contributed by atoms with Crippen molar-refractivity contribution in [2.45, 2.75) is 112 Å². The van der Waals surface area contributed by atoms with Gasteiger partial charge in [0.25, 0.3) is 11.8 Å². The highest BCUT2D eigenvalue weighted by molar-refractivity contribution is 6.09. The first kappa shape index (κ1) is 52.0. The highest BCUT2D eigenvalue weighted by atomic mass is 16.5. The fourth-order valence-electron chi connectivity index (χ4n) is 8.46. The van der Waals surface area contributed by atoms with Gasteiger partial charge in [0.2, 0.25) is 0 Å². The molecule has 2 amide bonds. The van der Waals surface area contributed by atoms with Crippen molar-refractivity contribution in [3.8, 4) is 28.7 Å². The van der Waals surface area contributed by atoms with Crippen LogP contribution in [0.5, 0.6) is 28.7 Å². The van der Waals surface area contributed by atoms with Gasteiger partial charge in [-0.3, -0.25) is 19.2 Å². The third-order valence-corrected chi connectivity index (χ3v) is 13.6. The Labute approximate surface area is 413 Å². The summed E-state index contributed by atoms with van der Waals surface area (Å²) in [7, 11) is 0. The van der Waals surface area contributed by atoms with E-state index in [9.17, 15) is 24.3 Å². The van der Waals surface area contributed by atoms with Crippen LogP contribution in [0.25, 0.3) is 0 Å². The second-order valence-corrected chi connectivity index (χ2v) is 19.7. The molecular formula is C59H68N4O7. The van der Waals surface area contributed by atoms with E-state index in [4.69, 9.17) is 9.47 Å². The van der Waals surface area contributed by atoms with E-state index in [1.54, 1.807) is 72.8 Å². The summed E-state index contributed by atoms with van der Waals surface area (Å²) in [6.45, 7) is 20.2. The van der Waals surface area contributed by atoms with Gasteiger partial charge in [0.05, 0.1) is 5.41 Å². The molecule has 0 aliphatic rings. The number of aromatic hydroxyl groups is 1. The van der Waals surface area contributed by atoms with Crippen molar-refractivity contribution in [1.82, 2.24) is 0 Å². The number of ketones is 2. The van der Waals surface area contributed by atoms with Crippen LogP contribution in [0, 0.1) is 10.8 Å². The second kappa shape index (κ2) is 21.9. The zero-order valence-corrected chi connectivity index (χ0v) is 42.2. The van der Waals surface area contributed by atoms with E-state index >= 15 is 0 Å². The minimum absolute atomic E-state index is 0.00350. The summed E-state index contributed by atoms with van der Waals surface area (Å²) in [5, 5.41) is 23.8. The Balaban J connectivity index is 1.06. The molecule has 2 unspecified atom stereocenters. The zero-order chi connectivity index (χ0) is 50.9. The fraction of sp³-hybridized carbons (Fsp3) is 0.322. The molecule has 0 saturated heterocycles. The first-order valence-electron chi connectivity index (χ1n) is 24.2. The van der Waals surface area contributed by atoms with E-state index < -0.39 is 22.3 Å². The molecule has 0 aliphatic carbocycles. The van der Waals surface area contributed by atoms with Gasteiger partial charge in [-0.05, 0) is 174 Å². The van der Waals surface area contributed by atoms with Gasteiger partial charge in [0.1, 0.15) is 28.7 Å². The van der Waals surface area contributed by atoms with Gasteiger partial charge in [-0.1, -0.05) is 67.0 Å². The normalized spacial score (nSPS) is 13.2. The number of phenols is 1. The van der Waals surface area contributed by atoms with Gasteiger partial charge < -0.3 is 35.8 Å². The zero-order valence-electron chi connectivity index (χ0n) is 42.2. The molecule has 11 nitrogen and oxygen atoms in total. The largest absolute Gasteiger partial charge is 0.508 e. The monoisotopic (exact) mass is 945 g/mol. The SMILES string of the molecule is CCCC(C)(C)Nc1ccc(Oc2ccc(NC(=O)c3cc(O)cc(C(=O)C(C)(CC)C(C)(CC)Nc4ccc(Oc5ccc(NC(=O)c6cccc(C(=O)C(C)(C)CC)c6)cc5)cc4)c3)cc2)cc1. The third kappa shape index (κ3) is 12.6. The number of nitrogens with one attached hydrogen (secondary N) is 4. The Hall–Kier alpha value is -7.40. The van der Waals surface area contributed by atoms with Crippen LogP contribution >= 0.6 is 0 Å². The van der Waals surface area contributed by atoms with Crippen molar-refractivity contribution in [2.75, 3.05) is 21.3 Å². The summed E-state index contributed by atoms with van der Waals surface area (Å²) in [4.78, 5) is 54.3. The van der Waals surface area contributed by atoms with Gasteiger partial charge >= 0.3 is 0 Å². The van der Waals surface area contributed by atoms with Gasteiger partial charge in [-0.25, -0.2) is 0 Å². The lowest BCUT2D eigenvalue weighted by atomic mass is 9.64. The lowest BCUT2D eigenvalue weighted by Crippen LogP contribution is -2.54. The Morgan fingerprint density at radius 1 is 0.471 bits per heavy atom. The van der Waals surface area contributed by atoms with Crippen LogP contribution in [0.2, 0.25) is 0 Å². The Kier molecular flexibility index (Phi) is 16.3. The van der Waals surface area contributed by atoms with Crippen molar-refractivity contribution < 1.29 is 33.8 Å². The molecule has 6 rings (SSSR count). The quantitative estimate of drug-likeness (QED) is 0.0418. The highest BCUT2D eigenvalue weighted by Crippen LogP contribution is 2.43. The Morgan fingerprint density at radius 3 is 1.36 bits per heavy atom. The van der Waals surface area contributed by atoms with E-state index in [0.29, 0.717) is 64.8 Å². The molecule has 6 aromatic rings. The Bertz CT molecular complexity index is 2780. The number of benzene rings is 6. The molecule has 0 heterocycles. The summed E-state index contributed by atoms with van der Waals surface area (Å²) in [6, 6.07) is 40.3. The Morgan fingerprint density at radius 2 is 0.900 bits per heavy atom. The average Bonchev–Trinajstić information content (AvgIpc) is 3.35. The molecule has 0 fully saturated rings. The summed E-state index contributed by atoms with van der Waals surface area (Å²) >= 11 is 0. The summed E-state index contributed by atoms with van der Waals surface area (Å²) in [5.74, 6) is 1.22. The molecule has 70 heavy (non-hydrogen) atoms. The van der Waals surface area contributed by atoms with E-state index in [0.717, 1.165) is 24.2 Å². The van der Waals surface area contributed by atoms with E-state index in [1.807, 2.05) is 97.0 Å². The summed E-state index contributed by atoms with van der Waals surface area (Å²) < 4.78 is 12.2. The molecule has 0 aromatic heterocycles. The molecule has 2 atom stereocenters. The maximum absolute atomic E-state index is 14.6. The van der Waals surface area contributed by atoms with Gasteiger partial charge in [0.15, 0.2) is 11.6 Å². The molecule has 5 N–H and O–H groups in total. The van der Waals surface area contributed by atoms with Crippen LogP contribution in [0.3, 0.4) is 0 Å².